The van der Waals surface area contributed by atoms with Crippen LogP contribution in [0.5, 0.6) is 0 Å². The molecule has 0 aromatic heterocycles. The summed E-state index contributed by atoms with van der Waals surface area (Å²) in [5, 5.41) is 0. The molecule has 1 radical (unpaired) electrons. The zero-order valence-corrected chi connectivity index (χ0v) is 4.35. The molecule has 2 amide bonds. The monoisotopic (exact) mass is 101 g/mol. The Balaban J connectivity index is 3.34. The number of carbonyl (C=O) groups is 1. The molecule has 0 spiro atoms. The highest BCUT2D eigenvalue weighted by Gasteiger charge is 1.94. The van der Waals surface area contributed by atoms with Crippen molar-refractivity contribution >= 4 is 6.03 Å². The lowest BCUT2D eigenvalue weighted by Crippen LogP contribution is -2.31. The number of amides is 2. The van der Waals surface area contributed by atoms with Crippen LogP contribution in [0.4, 0.5) is 4.79 Å². The van der Waals surface area contributed by atoms with Crippen LogP contribution in [0.15, 0.2) is 0 Å². The summed E-state index contributed by atoms with van der Waals surface area (Å²) in [4.78, 5) is 11.4. The Kier molecular flexibility index (Phi) is 2.19. The molecule has 0 bridgehead atoms. The molecular weight excluding hydrogens is 92.1 g/mol. The molecule has 3 nitrogen and oxygen atoms in total. The lowest BCUT2D eigenvalue weighted by Gasteiger charge is -2.08. The first-order valence-corrected chi connectivity index (χ1v) is 1.98. The van der Waals surface area contributed by atoms with Gasteiger partial charge < -0.3 is 10.6 Å². The Labute approximate surface area is 43.1 Å². The minimum Gasteiger partial charge on any atom is -0.351 e. The van der Waals surface area contributed by atoms with Crippen LogP contribution in [-0.2, 0) is 0 Å². The third-order valence-electron chi connectivity index (χ3n) is 0.712. The maximum absolute atomic E-state index is 10.0. The Morgan fingerprint density at radius 1 is 2.00 bits per heavy atom. The molecule has 0 rings (SSSR count). The standard InChI is InChI=1S/C4H9N2O/c1-3-6(2)4(5)7/h1,3H2,2H3,(H2,5,7). The number of hydrogen-bond acceptors (Lipinski definition) is 1. The van der Waals surface area contributed by atoms with E-state index in [1.807, 2.05) is 0 Å². The number of nitrogens with two attached hydrogens (primary N) is 1. The largest absolute Gasteiger partial charge is 0.351 e. The van der Waals surface area contributed by atoms with Crippen LogP contribution in [0.2, 0.25) is 0 Å². The van der Waals surface area contributed by atoms with Crippen LogP contribution in [0.3, 0.4) is 0 Å². The minimum absolute atomic E-state index is 0.426. The average Bonchev–Trinajstić information content (AvgIpc) is 1.65. The third-order valence-corrected chi connectivity index (χ3v) is 0.712. The zero-order valence-electron chi connectivity index (χ0n) is 4.35. The van der Waals surface area contributed by atoms with Gasteiger partial charge in [0, 0.05) is 13.6 Å². The second-order valence-electron chi connectivity index (χ2n) is 1.26. The lowest BCUT2D eigenvalue weighted by molar-refractivity contribution is 0.222. The molecular formula is C4H9N2O. The van der Waals surface area contributed by atoms with Crippen molar-refractivity contribution in [2.24, 2.45) is 5.73 Å². The number of hydrogen-bond donors (Lipinski definition) is 1. The van der Waals surface area contributed by atoms with E-state index in [0.29, 0.717) is 6.54 Å². The molecule has 7 heavy (non-hydrogen) atoms. The summed E-state index contributed by atoms with van der Waals surface area (Å²) in [5.41, 5.74) is 4.79. The first kappa shape index (κ1) is 6.27. The molecule has 3 heteroatoms. The van der Waals surface area contributed by atoms with Crippen LogP contribution in [0.1, 0.15) is 0 Å². The quantitative estimate of drug-likeness (QED) is 0.489. The van der Waals surface area contributed by atoms with E-state index in [1.165, 1.54) is 4.90 Å². The van der Waals surface area contributed by atoms with Gasteiger partial charge in [0.05, 0.1) is 0 Å². The van der Waals surface area contributed by atoms with Crippen molar-refractivity contribution in [2.75, 3.05) is 13.6 Å². The summed E-state index contributed by atoms with van der Waals surface area (Å²) in [5.74, 6) is 0. The zero-order chi connectivity index (χ0) is 5.86. The molecule has 0 atom stereocenters. The van der Waals surface area contributed by atoms with Crippen LogP contribution in [-0.4, -0.2) is 24.5 Å². The van der Waals surface area contributed by atoms with Crippen molar-refractivity contribution in [1.82, 2.24) is 4.90 Å². The van der Waals surface area contributed by atoms with Crippen molar-refractivity contribution < 1.29 is 4.79 Å². The van der Waals surface area contributed by atoms with Crippen molar-refractivity contribution in [3.05, 3.63) is 6.92 Å². The average molecular weight is 101 g/mol. The Hall–Kier alpha value is -0.730. The second kappa shape index (κ2) is 2.44. The van der Waals surface area contributed by atoms with Gasteiger partial charge in [0.1, 0.15) is 0 Å². The van der Waals surface area contributed by atoms with Crippen molar-refractivity contribution in [2.45, 2.75) is 0 Å². The van der Waals surface area contributed by atoms with Gasteiger partial charge >= 0.3 is 6.03 Å². The summed E-state index contributed by atoms with van der Waals surface area (Å²) < 4.78 is 0. The molecule has 2 N–H and O–H groups in total. The summed E-state index contributed by atoms with van der Waals surface area (Å²) in [6.07, 6.45) is 0. The van der Waals surface area contributed by atoms with Gasteiger partial charge in [-0.15, -0.1) is 0 Å². The van der Waals surface area contributed by atoms with E-state index in [2.05, 4.69) is 6.92 Å². The maximum Gasteiger partial charge on any atom is 0.314 e. The van der Waals surface area contributed by atoms with E-state index < -0.39 is 6.03 Å². The van der Waals surface area contributed by atoms with E-state index in [1.54, 1.807) is 7.05 Å². The summed E-state index contributed by atoms with van der Waals surface area (Å²) in [6.45, 7) is 3.86. The van der Waals surface area contributed by atoms with Gasteiger partial charge in [0.25, 0.3) is 0 Å². The summed E-state index contributed by atoms with van der Waals surface area (Å²) in [7, 11) is 1.59. The summed E-state index contributed by atoms with van der Waals surface area (Å²) in [6, 6.07) is -0.435. The maximum atomic E-state index is 10.0. The smallest absolute Gasteiger partial charge is 0.314 e. The van der Waals surface area contributed by atoms with Crippen LogP contribution in [0, 0.1) is 6.92 Å². The Morgan fingerprint density at radius 2 is 2.43 bits per heavy atom. The highest BCUT2D eigenvalue weighted by molar-refractivity contribution is 5.71. The molecule has 41 valence electrons. The fraction of sp³-hybridized carbons (Fsp3) is 0.500. The van der Waals surface area contributed by atoms with E-state index in [4.69, 9.17) is 5.73 Å². The second-order valence-corrected chi connectivity index (χ2v) is 1.26. The topological polar surface area (TPSA) is 46.3 Å². The molecule has 0 aromatic carbocycles. The van der Waals surface area contributed by atoms with Gasteiger partial charge in [-0.1, -0.05) is 0 Å². The van der Waals surface area contributed by atoms with E-state index in [9.17, 15) is 4.79 Å². The summed E-state index contributed by atoms with van der Waals surface area (Å²) >= 11 is 0. The van der Waals surface area contributed by atoms with Crippen molar-refractivity contribution in [3.8, 4) is 0 Å². The van der Waals surface area contributed by atoms with Gasteiger partial charge in [0.2, 0.25) is 0 Å². The van der Waals surface area contributed by atoms with E-state index in [-0.39, 0.29) is 0 Å². The number of nitrogens with zero attached hydrogens (tertiary/aromatic N) is 1. The van der Waals surface area contributed by atoms with E-state index >= 15 is 0 Å². The third kappa shape index (κ3) is 2.03. The highest BCUT2D eigenvalue weighted by Crippen LogP contribution is 1.74. The lowest BCUT2D eigenvalue weighted by atomic mass is 10.6. The molecule has 0 saturated carbocycles. The van der Waals surface area contributed by atoms with Crippen molar-refractivity contribution in [1.29, 1.82) is 0 Å². The SMILES string of the molecule is [CH2]CN(C)C(N)=O. The number of urea groups is 1. The predicted octanol–water partition coefficient (Wildman–Crippen LogP) is -0.169. The number of primary amides is 1. The number of rotatable bonds is 1. The Bertz CT molecular complexity index is 72.1. The van der Waals surface area contributed by atoms with Gasteiger partial charge in [-0.25, -0.2) is 4.79 Å². The molecule has 0 aliphatic heterocycles. The van der Waals surface area contributed by atoms with Gasteiger partial charge in [0.15, 0.2) is 0 Å². The fourth-order valence-electron chi connectivity index (χ4n) is 0.110. The fourth-order valence-corrected chi connectivity index (χ4v) is 0.110. The normalized spacial score (nSPS) is 8.29. The molecule has 0 heterocycles. The Morgan fingerprint density at radius 3 is 2.43 bits per heavy atom. The molecule has 0 aliphatic carbocycles. The first-order chi connectivity index (χ1) is 3.18. The van der Waals surface area contributed by atoms with Crippen molar-refractivity contribution in [3.63, 3.8) is 0 Å². The predicted molar refractivity (Wildman–Crippen MR) is 27.6 cm³/mol. The molecule has 0 saturated heterocycles. The first-order valence-electron chi connectivity index (χ1n) is 1.98. The number of carbonyl (C=O) groups excluding carboxylic acids is 1. The molecule has 0 unspecified atom stereocenters. The van der Waals surface area contributed by atoms with Gasteiger partial charge in [-0.2, -0.15) is 0 Å². The molecule has 0 aliphatic rings. The van der Waals surface area contributed by atoms with Crippen LogP contribution < -0.4 is 5.73 Å². The highest BCUT2D eigenvalue weighted by atomic mass is 16.2. The van der Waals surface area contributed by atoms with Crippen LogP contribution >= 0.6 is 0 Å². The molecule has 0 fully saturated rings. The molecule has 0 aromatic rings. The minimum atomic E-state index is -0.435. The van der Waals surface area contributed by atoms with Crippen LogP contribution in [0.25, 0.3) is 0 Å². The van der Waals surface area contributed by atoms with E-state index in [0.717, 1.165) is 0 Å². The van der Waals surface area contributed by atoms with Gasteiger partial charge in [-0.3, -0.25) is 0 Å². The van der Waals surface area contributed by atoms with Gasteiger partial charge in [-0.05, 0) is 6.92 Å².